The minimum absolute atomic E-state index is 0.531. The molecule has 3 nitrogen and oxygen atoms in total. The van der Waals surface area contributed by atoms with Gasteiger partial charge in [-0.05, 0) is 17.9 Å². The Morgan fingerprint density at radius 3 is 2.24 bits per heavy atom. The third-order valence-corrected chi connectivity index (χ3v) is 3.60. The van der Waals surface area contributed by atoms with Crippen LogP contribution in [0.4, 0.5) is 0 Å². The summed E-state index contributed by atoms with van der Waals surface area (Å²) in [4.78, 5) is 2.48. The molecule has 0 saturated carbocycles. The molecule has 1 aromatic heterocycles. The van der Waals surface area contributed by atoms with E-state index < -0.39 is 0 Å². The summed E-state index contributed by atoms with van der Waals surface area (Å²) >= 11 is 0. The van der Waals surface area contributed by atoms with E-state index in [2.05, 4.69) is 38.7 Å². The lowest BCUT2D eigenvalue weighted by Gasteiger charge is -2.25. The number of hydrogen-bond acceptors (Lipinski definition) is 3. The van der Waals surface area contributed by atoms with Gasteiger partial charge in [0.05, 0.1) is 6.54 Å². The van der Waals surface area contributed by atoms with Crippen molar-refractivity contribution < 1.29 is 4.42 Å². The molecular weight excluding hydrogens is 260 g/mol. The Kier molecular flexibility index (Phi) is 5.43. The first-order valence-corrected chi connectivity index (χ1v) is 7.93. The normalized spacial score (nSPS) is 12.2. The minimum atomic E-state index is 0.531. The molecule has 0 spiro atoms. The van der Waals surface area contributed by atoms with Crippen molar-refractivity contribution in [2.24, 2.45) is 17.6 Å². The molecule has 21 heavy (non-hydrogen) atoms. The molecule has 116 valence electrons. The third-order valence-electron chi connectivity index (χ3n) is 3.60. The van der Waals surface area contributed by atoms with Crippen molar-refractivity contribution in [2.45, 2.75) is 40.8 Å². The van der Waals surface area contributed by atoms with Gasteiger partial charge in [-0.25, -0.2) is 0 Å². The number of para-hydroxylation sites is 1. The van der Waals surface area contributed by atoms with Gasteiger partial charge in [-0.1, -0.05) is 45.9 Å². The number of benzene rings is 1. The summed E-state index contributed by atoms with van der Waals surface area (Å²) in [6.07, 6.45) is 0. The highest BCUT2D eigenvalue weighted by atomic mass is 16.3. The highest BCUT2D eigenvalue weighted by molar-refractivity contribution is 5.82. The van der Waals surface area contributed by atoms with E-state index in [1.807, 2.05) is 18.2 Å². The fourth-order valence-corrected chi connectivity index (χ4v) is 2.94. The van der Waals surface area contributed by atoms with Crippen molar-refractivity contribution >= 4 is 11.0 Å². The largest absolute Gasteiger partial charge is 0.459 e. The second kappa shape index (κ2) is 7.10. The van der Waals surface area contributed by atoms with Crippen LogP contribution in [0.5, 0.6) is 0 Å². The molecule has 0 radical (unpaired) electrons. The molecule has 1 aromatic carbocycles. The first-order chi connectivity index (χ1) is 10.0. The van der Waals surface area contributed by atoms with E-state index in [0.29, 0.717) is 18.4 Å². The van der Waals surface area contributed by atoms with Crippen molar-refractivity contribution in [1.82, 2.24) is 4.90 Å². The molecule has 1 heterocycles. The Labute approximate surface area is 128 Å². The summed E-state index contributed by atoms with van der Waals surface area (Å²) in [5.74, 6) is 2.32. The second-order valence-electron chi connectivity index (χ2n) is 6.69. The van der Waals surface area contributed by atoms with E-state index in [4.69, 9.17) is 10.2 Å². The van der Waals surface area contributed by atoms with Crippen LogP contribution < -0.4 is 5.73 Å². The summed E-state index contributed by atoms with van der Waals surface area (Å²) in [5.41, 5.74) is 8.06. The molecule has 0 unspecified atom stereocenters. The van der Waals surface area contributed by atoms with Gasteiger partial charge in [0.2, 0.25) is 0 Å². The Morgan fingerprint density at radius 1 is 1.05 bits per heavy atom. The summed E-state index contributed by atoms with van der Waals surface area (Å²) in [5, 5.41) is 1.16. The molecule has 2 aromatic rings. The zero-order valence-electron chi connectivity index (χ0n) is 13.7. The number of nitrogens with two attached hydrogens (primary N) is 1. The fraction of sp³-hybridized carbons (Fsp3) is 0.556. The van der Waals surface area contributed by atoms with Crippen LogP contribution in [0.25, 0.3) is 11.0 Å². The number of nitrogens with zero attached hydrogens (tertiary/aromatic N) is 1. The van der Waals surface area contributed by atoms with Gasteiger partial charge in [0.25, 0.3) is 0 Å². The maximum atomic E-state index is 6.06. The summed E-state index contributed by atoms with van der Waals surface area (Å²) in [6, 6.07) is 8.17. The molecule has 0 fully saturated rings. The smallest absolute Gasteiger partial charge is 0.134 e. The number of rotatable bonds is 7. The lowest BCUT2D eigenvalue weighted by Crippen LogP contribution is -2.31. The standard InChI is InChI=1S/C18H28N2O/c1-13(2)10-20(11-14(3)4)12-18-16(9-19)15-7-5-6-8-17(15)21-18/h5-8,13-14H,9-12,19H2,1-4H3. The molecule has 0 bridgehead atoms. The molecule has 3 heteroatoms. The van der Waals surface area contributed by atoms with Crippen LogP contribution >= 0.6 is 0 Å². The second-order valence-corrected chi connectivity index (χ2v) is 6.69. The van der Waals surface area contributed by atoms with Gasteiger partial charge < -0.3 is 10.2 Å². The topological polar surface area (TPSA) is 42.4 Å². The maximum Gasteiger partial charge on any atom is 0.134 e. The van der Waals surface area contributed by atoms with Crippen LogP contribution in [-0.2, 0) is 13.1 Å². The average molecular weight is 288 g/mol. The van der Waals surface area contributed by atoms with Crippen molar-refractivity contribution in [3.05, 3.63) is 35.6 Å². The van der Waals surface area contributed by atoms with Crippen LogP contribution in [0.3, 0.4) is 0 Å². The van der Waals surface area contributed by atoms with Crippen LogP contribution in [0.2, 0.25) is 0 Å². The minimum Gasteiger partial charge on any atom is -0.459 e. The van der Waals surface area contributed by atoms with Crippen molar-refractivity contribution in [1.29, 1.82) is 0 Å². The van der Waals surface area contributed by atoms with Gasteiger partial charge in [0, 0.05) is 30.6 Å². The monoisotopic (exact) mass is 288 g/mol. The Hall–Kier alpha value is -1.32. The Bertz CT molecular complexity index is 562. The Balaban J connectivity index is 2.26. The van der Waals surface area contributed by atoms with Gasteiger partial charge in [-0.15, -0.1) is 0 Å². The first kappa shape index (κ1) is 16.1. The van der Waals surface area contributed by atoms with E-state index in [0.717, 1.165) is 41.9 Å². The molecule has 2 N–H and O–H groups in total. The van der Waals surface area contributed by atoms with E-state index >= 15 is 0 Å². The van der Waals surface area contributed by atoms with Crippen LogP contribution in [0.15, 0.2) is 28.7 Å². The lowest BCUT2D eigenvalue weighted by molar-refractivity contribution is 0.197. The highest BCUT2D eigenvalue weighted by Gasteiger charge is 2.17. The predicted octanol–water partition coefficient (Wildman–Crippen LogP) is 4.01. The summed E-state index contributed by atoms with van der Waals surface area (Å²) < 4.78 is 6.06. The summed E-state index contributed by atoms with van der Waals surface area (Å²) in [7, 11) is 0. The lowest BCUT2D eigenvalue weighted by atomic mass is 10.1. The molecule has 0 aliphatic rings. The molecule has 0 atom stereocenters. The van der Waals surface area contributed by atoms with Crippen LogP contribution in [0, 0.1) is 11.8 Å². The number of furan rings is 1. The van der Waals surface area contributed by atoms with Crippen molar-refractivity contribution in [3.63, 3.8) is 0 Å². The molecule has 2 rings (SSSR count). The zero-order chi connectivity index (χ0) is 15.4. The van der Waals surface area contributed by atoms with Crippen LogP contribution in [0.1, 0.15) is 39.0 Å². The average Bonchev–Trinajstić information content (AvgIpc) is 2.73. The fourth-order valence-electron chi connectivity index (χ4n) is 2.94. The quantitative estimate of drug-likeness (QED) is 0.837. The van der Waals surface area contributed by atoms with E-state index in [-0.39, 0.29) is 0 Å². The third kappa shape index (κ3) is 4.08. The first-order valence-electron chi connectivity index (χ1n) is 7.93. The maximum absolute atomic E-state index is 6.06. The molecular formula is C18H28N2O. The molecule has 0 aliphatic heterocycles. The molecule has 0 amide bonds. The van der Waals surface area contributed by atoms with E-state index in [1.54, 1.807) is 0 Å². The Morgan fingerprint density at radius 2 is 1.67 bits per heavy atom. The zero-order valence-corrected chi connectivity index (χ0v) is 13.7. The van der Waals surface area contributed by atoms with Crippen molar-refractivity contribution in [3.8, 4) is 0 Å². The van der Waals surface area contributed by atoms with Gasteiger partial charge in [0.1, 0.15) is 11.3 Å². The predicted molar refractivity (Wildman–Crippen MR) is 89.1 cm³/mol. The molecule has 0 aliphatic carbocycles. The SMILES string of the molecule is CC(C)CN(Cc1oc2ccccc2c1CN)CC(C)C. The highest BCUT2D eigenvalue weighted by Crippen LogP contribution is 2.27. The van der Waals surface area contributed by atoms with E-state index in [1.165, 1.54) is 0 Å². The van der Waals surface area contributed by atoms with E-state index in [9.17, 15) is 0 Å². The van der Waals surface area contributed by atoms with Crippen LogP contribution in [-0.4, -0.2) is 18.0 Å². The molecule has 0 saturated heterocycles. The van der Waals surface area contributed by atoms with Gasteiger partial charge in [-0.3, -0.25) is 4.90 Å². The van der Waals surface area contributed by atoms with Gasteiger partial charge >= 0.3 is 0 Å². The number of fused-ring (bicyclic) bond motifs is 1. The van der Waals surface area contributed by atoms with Crippen molar-refractivity contribution in [2.75, 3.05) is 13.1 Å². The summed E-state index contributed by atoms with van der Waals surface area (Å²) in [6.45, 7) is 12.6. The van der Waals surface area contributed by atoms with Gasteiger partial charge in [-0.2, -0.15) is 0 Å². The van der Waals surface area contributed by atoms with Gasteiger partial charge in [0.15, 0.2) is 0 Å². The number of hydrogen-bond donors (Lipinski definition) is 1.